The maximum atomic E-state index is 11.2. The van der Waals surface area contributed by atoms with Gasteiger partial charge in [-0.25, -0.2) is 0 Å². The molecule has 0 radical (unpaired) electrons. The summed E-state index contributed by atoms with van der Waals surface area (Å²) in [5, 5.41) is 4.16. The average Bonchev–Trinajstić information content (AvgIpc) is 2.87. The van der Waals surface area contributed by atoms with E-state index in [9.17, 15) is 8.42 Å². The highest BCUT2D eigenvalue weighted by Gasteiger charge is 2.33. The van der Waals surface area contributed by atoms with Crippen LogP contribution in [0.15, 0.2) is 39.5 Å². The Hall–Kier alpha value is -1.18. The average molecular weight is 400 g/mol. The first-order valence-corrected chi connectivity index (χ1v) is 10.1. The van der Waals surface area contributed by atoms with Crippen molar-refractivity contribution in [3.8, 4) is 0 Å². The molecule has 1 aromatic heterocycles. The van der Waals surface area contributed by atoms with E-state index in [4.69, 9.17) is 8.71 Å². The summed E-state index contributed by atoms with van der Waals surface area (Å²) in [7, 11) is -3.50. The first-order valence-electron chi connectivity index (χ1n) is 7.47. The van der Waals surface area contributed by atoms with Gasteiger partial charge in [0.25, 0.3) is 10.1 Å². The zero-order valence-corrected chi connectivity index (χ0v) is 15.1. The molecule has 7 heteroatoms. The summed E-state index contributed by atoms with van der Waals surface area (Å²) in [5.74, 6) is 0.588. The second-order valence-corrected chi connectivity index (χ2v) is 8.47. The zero-order chi connectivity index (χ0) is 16.4. The van der Waals surface area contributed by atoms with Crippen LogP contribution in [0.5, 0.6) is 0 Å². The molecule has 1 aliphatic rings. The minimum atomic E-state index is -3.50. The smallest absolute Gasteiger partial charge is 0.264 e. The Morgan fingerprint density at radius 2 is 2.22 bits per heavy atom. The van der Waals surface area contributed by atoms with Gasteiger partial charge in [-0.15, -0.1) is 0 Å². The molecule has 3 rings (SSSR count). The molecule has 1 aromatic carbocycles. The van der Waals surface area contributed by atoms with Crippen molar-refractivity contribution in [2.24, 2.45) is 5.92 Å². The van der Waals surface area contributed by atoms with Crippen LogP contribution in [-0.2, 0) is 20.9 Å². The molecule has 1 heterocycles. The molecule has 5 nitrogen and oxygen atoms in total. The zero-order valence-electron chi connectivity index (χ0n) is 12.7. The minimum Gasteiger partial charge on any atom is -0.364 e. The largest absolute Gasteiger partial charge is 0.364 e. The Morgan fingerprint density at radius 1 is 1.43 bits per heavy atom. The first-order chi connectivity index (χ1) is 10.9. The second-order valence-electron chi connectivity index (χ2n) is 5.91. The SMILES string of the molecule is CS(=O)(=O)OCc1conc1C(c1cccc(Br)c1)C1CCC1. The molecule has 0 aliphatic heterocycles. The summed E-state index contributed by atoms with van der Waals surface area (Å²) in [5.41, 5.74) is 2.61. The quantitative estimate of drug-likeness (QED) is 0.689. The van der Waals surface area contributed by atoms with Gasteiger partial charge in [0.05, 0.1) is 18.6 Å². The summed E-state index contributed by atoms with van der Waals surface area (Å²) in [4.78, 5) is 0. The van der Waals surface area contributed by atoms with Crippen molar-refractivity contribution in [1.82, 2.24) is 5.16 Å². The molecule has 2 aromatic rings. The van der Waals surface area contributed by atoms with Crippen molar-refractivity contribution in [3.63, 3.8) is 0 Å². The van der Waals surface area contributed by atoms with E-state index in [2.05, 4.69) is 33.2 Å². The van der Waals surface area contributed by atoms with E-state index < -0.39 is 10.1 Å². The van der Waals surface area contributed by atoms with Gasteiger partial charge in [0.1, 0.15) is 6.26 Å². The fourth-order valence-corrected chi connectivity index (χ4v) is 3.69. The maximum absolute atomic E-state index is 11.2. The number of rotatable bonds is 6. The Balaban J connectivity index is 1.93. The lowest BCUT2D eigenvalue weighted by atomic mass is 9.71. The van der Waals surface area contributed by atoms with Crippen molar-refractivity contribution in [2.75, 3.05) is 6.26 Å². The van der Waals surface area contributed by atoms with Crippen LogP contribution in [0.3, 0.4) is 0 Å². The van der Waals surface area contributed by atoms with Crippen LogP contribution in [0, 0.1) is 5.92 Å². The molecule has 1 saturated carbocycles. The Labute approximate surface area is 144 Å². The summed E-state index contributed by atoms with van der Waals surface area (Å²) in [6, 6.07) is 8.14. The highest BCUT2D eigenvalue weighted by molar-refractivity contribution is 9.10. The van der Waals surface area contributed by atoms with E-state index in [1.165, 1.54) is 12.7 Å². The summed E-state index contributed by atoms with van der Waals surface area (Å²) >= 11 is 3.51. The van der Waals surface area contributed by atoms with E-state index in [1.54, 1.807) is 0 Å². The van der Waals surface area contributed by atoms with Crippen molar-refractivity contribution in [3.05, 3.63) is 51.8 Å². The maximum Gasteiger partial charge on any atom is 0.264 e. The lowest BCUT2D eigenvalue weighted by molar-refractivity contribution is 0.270. The van der Waals surface area contributed by atoms with Gasteiger partial charge in [-0.3, -0.25) is 4.18 Å². The van der Waals surface area contributed by atoms with E-state index in [1.807, 2.05) is 12.1 Å². The lowest BCUT2D eigenvalue weighted by Crippen LogP contribution is -2.22. The highest BCUT2D eigenvalue weighted by Crippen LogP contribution is 2.44. The number of halogens is 1. The molecule has 1 aliphatic carbocycles. The van der Waals surface area contributed by atoms with Gasteiger partial charge in [-0.1, -0.05) is 39.6 Å². The molecular formula is C16H18BrNO4S. The van der Waals surface area contributed by atoms with Crippen LogP contribution in [-0.4, -0.2) is 19.8 Å². The van der Waals surface area contributed by atoms with E-state index >= 15 is 0 Å². The Morgan fingerprint density at radius 3 is 2.83 bits per heavy atom. The molecule has 1 unspecified atom stereocenters. The van der Waals surface area contributed by atoms with Crippen molar-refractivity contribution < 1.29 is 17.1 Å². The van der Waals surface area contributed by atoms with Gasteiger partial charge in [-0.05, 0) is 36.5 Å². The summed E-state index contributed by atoms with van der Waals surface area (Å²) in [6.45, 7) is -0.0467. The van der Waals surface area contributed by atoms with Crippen molar-refractivity contribution in [1.29, 1.82) is 0 Å². The fourth-order valence-electron chi connectivity index (χ4n) is 2.93. The van der Waals surface area contributed by atoms with E-state index in [-0.39, 0.29) is 12.5 Å². The van der Waals surface area contributed by atoms with Crippen molar-refractivity contribution in [2.45, 2.75) is 31.8 Å². The van der Waals surface area contributed by atoms with Crippen LogP contribution < -0.4 is 0 Å². The molecule has 0 N–H and O–H groups in total. The number of hydrogen-bond donors (Lipinski definition) is 0. The fraction of sp³-hybridized carbons (Fsp3) is 0.438. The third-order valence-electron chi connectivity index (χ3n) is 4.23. The van der Waals surface area contributed by atoms with Crippen LogP contribution in [0.1, 0.15) is 42.0 Å². The Kier molecular flexibility index (Phi) is 4.89. The second kappa shape index (κ2) is 6.75. The van der Waals surface area contributed by atoms with Crippen LogP contribution in [0.25, 0.3) is 0 Å². The number of benzene rings is 1. The van der Waals surface area contributed by atoms with Gasteiger partial charge in [0.2, 0.25) is 0 Å². The standard InChI is InChI=1S/C16H18BrNO4S/c1-23(19,20)22-10-13-9-21-18-16(13)15(11-4-2-5-11)12-6-3-7-14(17)8-12/h3,6-9,11,15H,2,4-5,10H2,1H3. The molecule has 0 bridgehead atoms. The molecule has 0 spiro atoms. The Bertz CT molecular complexity index is 783. The van der Waals surface area contributed by atoms with Gasteiger partial charge in [-0.2, -0.15) is 8.42 Å². The first kappa shape index (κ1) is 16.7. The molecule has 1 atom stereocenters. The molecular weight excluding hydrogens is 382 g/mol. The van der Waals surface area contributed by atoms with E-state index in [0.717, 1.165) is 34.8 Å². The lowest BCUT2D eigenvalue weighted by Gasteiger charge is -2.33. The molecule has 0 amide bonds. The topological polar surface area (TPSA) is 69.4 Å². The summed E-state index contributed by atoms with van der Waals surface area (Å²) in [6.07, 6.45) is 6.00. The molecule has 1 fully saturated rings. The highest BCUT2D eigenvalue weighted by atomic mass is 79.9. The monoisotopic (exact) mass is 399 g/mol. The van der Waals surface area contributed by atoms with Crippen LogP contribution >= 0.6 is 15.9 Å². The van der Waals surface area contributed by atoms with Gasteiger partial charge >= 0.3 is 0 Å². The third-order valence-corrected chi connectivity index (χ3v) is 5.27. The van der Waals surface area contributed by atoms with Crippen molar-refractivity contribution >= 4 is 26.0 Å². The van der Waals surface area contributed by atoms with Crippen LogP contribution in [0.2, 0.25) is 0 Å². The van der Waals surface area contributed by atoms with E-state index in [0.29, 0.717) is 11.5 Å². The van der Waals surface area contributed by atoms with Gasteiger partial charge in [0.15, 0.2) is 0 Å². The number of aromatic nitrogens is 1. The van der Waals surface area contributed by atoms with Crippen LogP contribution in [0.4, 0.5) is 0 Å². The summed E-state index contributed by atoms with van der Waals surface area (Å²) < 4.78 is 33.5. The van der Waals surface area contributed by atoms with Gasteiger partial charge in [0, 0.05) is 16.0 Å². The number of nitrogens with zero attached hydrogens (tertiary/aromatic N) is 1. The molecule has 23 heavy (non-hydrogen) atoms. The number of hydrogen-bond acceptors (Lipinski definition) is 5. The normalized spacial score (nSPS) is 17.0. The van der Waals surface area contributed by atoms with Gasteiger partial charge < -0.3 is 4.52 Å². The molecule has 0 saturated heterocycles. The predicted octanol–water partition coefficient (Wildman–Crippen LogP) is 3.85. The predicted molar refractivity (Wildman–Crippen MR) is 89.5 cm³/mol. The third kappa shape index (κ3) is 4.02. The molecule has 124 valence electrons. The minimum absolute atomic E-state index is 0.0467.